The van der Waals surface area contributed by atoms with Crippen LogP contribution < -0.4 is 10.2 Å². The van der Waals surface area contributed by atoms with Crippen molar-refractivity contribution in [3.05, 3.63) is 150 Å². The number of aliphatic hydroxyl groups is 2. The quantitative estimate of drug-likeness (QED) is 0.162. The fourth-order valence-corrected chi connectivity index (χ4v) is 5.86. The number of rotatable bonds is 11. The molecule has 1 aliphatic rings. The van der Waals surface area contributed by atoms with E-state index in [-0.39, 0.29) is 18.4 Å². The molecule has 1 aromatic heterocycles. The summed E-state index contributed by atoms with van der Waals surface area (Å²) in [7, 11) is 0. The maximum atomic E-state index is 14.1. The van der Waals surface area contributed by atoms with Crippen LogP contribution in [0.2, 0.25) is 0 Å². The average molecular weight is 614 g/mol. The molecule has 46 heavy (non-hydrogen) atoms. The minimum atomic E-state index is -1.88. The molecule has 0 aliphatic carbocycles. The third kappa shape index (κ3) is 5.98. The number of nitrogens with zero attached hydrogens (tertiary/aromatic N) is 4. The van der Waals surface area contributed by atoms with Gasteiger partial charge in [-0.15, -0.1) is 5.10 Å². The summed E-state index contributed by atoms with van der Waals surface area (Å²) in [6, 6.07) is 32.9. The van der Waals surface area contributed by atoms with E-state index in [1.54, 1.807) is 54.1 Å². The largest absolute Gasteiger partial charge is 0.395 e. The second kappa shape index (κ2) is 13.3. The predicted molar refractivity (Wildman–Crippen MR) is 177 cm³/mol. The number of allylic oxidation sites excluding steroid dienone is 1. The van der Waals surface area contributed by atoms with Crippen LogP contribution in [0.4, 0.5) is 17.1 Å². The number of carbonyl (C=O) groups is 2. The van der Waals surface area contributed by atoms with Crippen LogP contribution in [0.25, 0.3) is 0 Å². The van der Waals surface area contributed by atoms with Gasteiger partial charge < -0.3 is 15.5 Å². The second-order valence-electron chi connectivity index (χ2n) is 11.4. The normalized spacial score (nSPS) is 17.2. The van der Waals surface area contributed by atoms with Crippen molar-refractivity contribution in [2.24, 2.45) is 5.92 Å². The van der Waals surface area contributed by atoms with Crippen LogP contribution in [0.5, 0.6) is 0 Å². The monoisotopic (exact) mass is 613 g/mol. The number of hydrogen-bond donors (Lipinski definition) is 3. The molecule has 9 nitrogen and oxygen atoms in total. The lowest BCUT2D eigenvalue weighted by Gasteiger charge is -2.27. The fourth-order valence-electron chi connectivity index (χ4n) is 5.86. The van der Waals surface area contributed by atoms with Crippen molar-refractivity contribution in [2.75, 3.05) is 16.8 Å². The van der Waals surface area contributed by atoms with Crippen LogP contribution in [0.1, 0.15) is 46.4 Å². The number of anilines is 3. The fraction of sp³-hybridized carbons (Fsp3) is 0.189. The van der Waals surface area contributed by atoms with Gasteiger partial charge in [-0.3, -0.25) is 19.2 Å². The maximum Gasteiger partial charge on any atom is 0.268 e. The molecule has 9 heteroatoms. The minimum absolute atomic E-state index is 0.0775. The molecule has 0 spiro atoms. The number of aromatic nitrogens is 3. The lowest BCUT2D eigenvalue weighted by Crippen LogP contribution is -2.42. The van der Waals surface area contributed by atoms with E-state index in [1.165, 1.54) is 4.90 Å². The molecule has 3 N–H and O–H groups in total. The second-order valence-corrected chi connectivity index (χ2v) is 11.4. The van der Waals surface area contributed by atoms with E-state index in [2.05, 4.69) is 15.6 Å². The van der Waals surface area contributed by atoms with Crippen molar-refractivity contribution in [1.82, 2.24) is 15.0 Å². The Hall–Kier alpha value is -5.38. The highest BCUT2D eigenvalue weighted by molar-refractivity contribution is 6.13. The number of amides is 2. The summed E-state index contributed by atoms with van der Waals surface area (Å²) in [5.41, 5.74) is 2.37. The molecule has 0 fully saturated rings. The number of benzene rings is 4. The van der Waals surface area contributed by atoms with E-state index in [0.29, 0.717) is 46.8 Å². The van der Waals surface area contributed by atoms with Gasteiger partial charge in [0.2, 0.25) is 0 Å². The minimum Gasteiger partial charge on any atom is -0.395 e. The zero-order chi connectivity index (χ0) is 32.1. The van der Waals surface area contributed by atoms with Crippen LogP contribution in [-0.4, -0.2) is 43.6 Å². The van der Waals surface area contributed by atoms with E-state index in [9.17, 15) is 19.8 Å². The average Bonchev–Trinajstić information content (AvgIpc) is 3.65. The zero-order valence-electron chi connectivity index (χ0n) is 25.4. The summed E-state index contributed by atoms with van der Waals surface area (Å²) < 4.78 is 1.72. The van der Waals surface area contributed by atoms with E-state index >= 15 is 0 Å². The summed E-state index contributed by atoms with van der Waals surface area (Å²) in [5.74, 6) is -1.61. The number of para-hydroxylation sites is 1. The first kappa shape index (κ1) is 30.6. The van der Waals surface area contributed by atoms with Crippen LogP contribution in [0.15, 0.2) is 128 Å². The summed E-state index contributed by atoms with van der Waals surface area (Å²) in [5, 5.41) is 33.6. The summed E-state index contributed by atoms with van der Waals surface area (Å²) in [4.78, 5) is 28.5. The maximum absolute atomic E-state index is 14.1. The lowest BCUT2D eigenvalue weighted by molar-refractivity contribution is -0.138. The van der Waals surface area contributed by atoms with Gasteiger partial charge in [0, 0.05) is 41.2 Å². The van der Waals surface area contributed by atoms with Gasteiger partial charge in [0.05, 0.1) is 23.9 Å². The Balaban J connectivity index is 1.21. The smallest absolute Gasteiger partial charge is 0.268 e. The molecule has 2 amide bonds. The van der Waals surface area contributed by atoms with Crippen molar-refractivity contribution >= 4 is 28.9 Å². The topological polar surface area (TPSA) is 121 Å². The van der Waals surface area contributed by atoms with Crippen molar-refractivity contribution in [3.8, 4) is 0 Å². The first-order valence-electron chi connectivity index (χ1n) is 15.3. The van der Waals surface area contributed by atoms with E-state index in [0.717, 1.165) is 5.56 Å². The summed E-state index contributed by atoms with van der Waals surface area (Å²) in [6.07, 6.45) is 6.17. The SMILES string of the molecule is C[C@H](/C=C/CCn1cc(C(CO)c2ccccc2)nn1)[C@@]1(O)C(=O)N(c2ccccc2)c2ccc(NC(=O)c3ccccc3)cc21. The third-order valence-electron chi connectivity index (χ3n) is 8.39. The Kier molecular flexibility index (Phi) is 8.87. The van der Waals surface area contributed by atoms with Gasteiger partial charge in [-0.1, -0.05) is 91.0 Å². The molecule has 0 radical (unpaired) electrons. The van der Waals surface area contributed by atoms with Crippen molar-refractivity contribution in [1.29, 1.82) is 0 Å². The Morgan fingerprint density at radius 2 is 1.63 bits per heavy atom. The Morgan fingerprint density at radius 3 is 2.33 bits per heavy atom. The Morgan fingerprint density at radius 1 is 0.957 bits per heavy atom. The highest BCUT2D eigenvalue weighted by Crippen LogP contribution is 2.49. The molecule has 5 aromatic rings. The number of hydrogen-bond acceptors (Lipinski definition) is 6. The number of aliphatic hydroxyl groups excluding tert-OH is 1. The molecule has 0 saturated heterocycles. The number of aryl methyl sites for hydroxylation is 1. The van der Waals surface area contributed by atoms with Gasteiger partial charge in [-0.25, -0.2) is 0 Å². The highest BCUT2D eigenvalue weighted by atomic mass is 16.3. The van der Waals surface area contributed by atoms with Crippen molar-refractivity contribution in [2.45, 2.75) is 31.4 Å². The molecule has 3 atom stereocenters. The van der Waals surface area contributed by atoms with Gasteiger partial charge in [0.1, 0.15) is 0 Å². The van der Waals surface area contributed by atoms with Crippen molar-refractivity contribution in [3.63, 3.8) is 0 Å². The van der Waals surface area contributed by atoms with Crippen LogP contribution in [-0.2, 0) is 16.9 Å². The van der Waals surface area contributed by atoms with Crippen LogP contribution in [0, 0.1) is 5.92 Å². The first-order valence-corrected chi connectivity index (χ1v) is 15.3. The van der Waals surface area contributed by atoms with Gasteiger partial charge in [-0.2, -0.15) is 0 Å². The molecule has 0 bridgehead atoms. The van der Waals surface area contributed by atoms with Gasteiger partial charge in [0.15, 0.2) is 5.60 Å². The molecule has 232 valence electrons. The lowest BCUT2D eigenvalue weighted by atomic mass is 9.82. The van der Waals surface area contributed by atoms with E-state index in [4.69, 9.17) is 0 Å². The van der Waals surface area contributed by atoms with Gasteiger partial charge in [0.25, 0.3) is 11.8 Å². The summed E-state index contributed by atoms with van der Waals surface area (Å²) >= 11 is 0. The van der Waals surface area contributed by atoms with Gasteiger partial charge >= 0.3 is 0 Å². The molecule has 1 aliphatic heterocycles. The van der Waals surface area contributed by atoms with Crippen LogP contribution >= 0.6 is 0 Å². The standard InChI is InChI=1S/C37H35N5O4/c1-26(13-11-12-22-41-24-33(39-40-41)31(25-43)27-14-5-2-6-15-27)37(46)32-23-29(38-35(44)28-16-7-3-8-17-28)20-21-34(32)42(36(37)45)30-18-9-4-10-19-30/h2-11,13-21,23-24,26,31,43,46H,12,22,25H2,1H3,(H,38,44)/b13-11+/t26-,31?,37+/m1/s1. The Bertz CT molecular complexity index is 1840. The van der Waals surface area contributed by atoms with Gasteiger partial charge in [-0.05, 0) is 54.4 Å². The molecule has 6 rings (SSSR count). The number of fused-ring (bicyclic) bond motifs is 1. The first-order chi connectivity index (χ1) is 22.4. The van der Waals surface area contributed by atoms with Crippen LogP contribution in [0.3, 0.4) is 0 Å². The van der Waals surface area contributed by atoms with E-state index in [1.807, 2.05) is 85.1 Å². The third-order valence-corrected chi connectivity index (χ3v) is 8.39. The Labute approximate surface area is 267 Å². The highest BCUT2D eigenvalue weighted by Gasteiger charge is 2.53. The molecule has 1 unspecified atom stereocenters. The summed E-state index contributed by atoms with van der Waals surface area (Å²) in [6.45, 7) is 2.25. The molecular formula is C37H35N5O4. The molecular weight excluding hydrogens is 578 g/mol. The van der Waals surface area contributed by atoms with E-state index < -0.39 is 17.4 Å². The number of carbonyl (C=O) groups excluding carboxylic acids is 2. The number of nitrogens with one attached hydrogen (secondary N) is 1. The zero-order valence-corrected chi connectivity index (χ0v) is 25.4. The predicted octanol–water partition coefficient (Wildman–Crippen LogP) is 5.80. The molecule has 0 saturated carbocycles. The molecule has 4 aromatic carbocycles. The molecule has 2 heterocycles. The van der Waals surface area contributed by atoms with Crippen molar-refractivity contribution < 1.29 is 19.8 Å².